The molecular weight excluding hydrogens is 390 g/mol. The van der Waals surface area contributed by atoms with Crippen LogP contribution in [0.4, 0.5) is 0 Å². The Morgan fingerprint density at radius 3 is 2.30 bits per heavy atom. The van der Waals surface area contributed by atoms with Crippen molar-refractivity contribution < 1.29 is 22.7 Å². The average molecular weight is 412 g/mol. The van der Waals surface area contributed by atoms with Gasteiger partial charge in [-0.3, -0.25) is 9.59 Å². The van der Waals surface area contributed by atoms with Gasteiger partial charge in [0.15, 0.2) is 16.4 Å². The van der Waals surface area contributed by atoms with E-state index in [0.717, 1.165) is 18.4 Å². The van der Waals surface area contributed by atoms with Gasteiger partial charge in [0.1, 0.15) is 0 Å². The van der Waals surface area contributed by atoms with Crippen molar-refractivity contribution in [3.8, 4) is 0 Å². The second kappa shape index (κ2) is 6.78. The molecule has 27 heavy (non-hydrogen) atoms. The highest BCUT2D eigenvalue weighted by Gasteiger charge is 2.53. The largest absolute Gasteiger partial charge is 0.455 e. The second-order valence-electron chi connectivity index (χ2n) is 7.75. The van der Waals surface area contributed by atoms with Gasteiger partial charge in [-0.05, 0) is 49.8 Å². The smallest absolute Gasteiger partial charge is 0.317 e. The van der Waals surface area contributed by atoms with Crippen molar-refractivity contribution >= 4 is 33.3 Å². The van der Waals surface area contributed by atoms with Gasteiger partial charge in [-0.25, -0.2) is 8.42 Å². The number of hydrogen-bond acceptors (Lipinski definition) is 5. The fraction of sp³-hybridized carbons (Fsp3) is 0.579. The number of hydrogen-bond donors (Lipinski definition) is 0. The van der Waals surface area contributed by atoms with Crippen molar-refractivity contribution in [1.82, 2.24) is 4.90 Å². The number of carbonyl (C=O) groups is 2. The summed E-state index contributed by atoms with van der Waals surface area (Å²) in [6.45, 7) is -0.332. The zero-order chi connectivity index (χ0) is 19.2. The van der Waals surface area contributed by atoms with Crippen LogP contribution in [0.2, 0.25) is 5.02 Å². The Morgan fingerprint density at radius 2 is 1.78 bits per heavy atom. The normalized spacial score (nSPS) is 25.0. The number of sulfone groups is 1. The molecule has 1 saturated heterocycles. The van der Waals surface area contributed by atoms with E-state index in [1.54, 1.807) is 17.0 Å². The van der Waals surface area contributed by atoms with Gasteiger partial charge in [0, 0.05) is 17.1 Å². The van der Waals surface area contributed by atoms with E-state index in [-0.39, 0.29) is 36.1 Å². The molecule has 1 heterocycles. The molecule has 1 aromatic carbocycles. The first-order chi connectivity index (χ1) is 12.8. The number of rotatable bonds is 6. The molecule has 6 nitrogen and oxygen atoms in total. The van der Waals surface area contributed by atoms with E-state index in [1.165, 1.54) is 0 Å². The maximum Gasteiger partial charge on any atom is 0.317 e. The minimum atomic E-state index is -3.08. The van der Waals surface area contributed by atoms with E-state index in [2.05, 4.69) is 0 Å². The monoisotopic (exact) mass is 411 g/mol. The summed E-state index contributed by atoms with van der Waals surface area (Å²) < 4.78 is 28.9. The molecule has 8 heteroatoms. The topological polar surface area (TPSA) is 80.8 Å². The molecule has 1 amide bonds. The molecule has 2 saturated carbocycles. The fourth-order valence-corrected chi connectivity index (χ4v) is 5.73. The number of amides is 1. The molecule has 0 radical (unpaired) electrons. The highest BCUT2D eigenvalue weighted by atomic mass is 35.5. The number of halogens is 1. The summed E-state index contributed by atoms with van der Waals surface area (Å²) in [5.74, 6) is -0.557. The third-order valence-electron chi connectivity index (χ3n) is 5.69. The SMILES string of the molecule is O=C(COC(=O)C1(c2ccc(Cl)cc2)CC1)N(C1CC1)[C@H]1CCS(=O)(=O)C1. The van der Waals surface area contributed by atoms with Crippen LogP contribution < -0.4 is 0 Å². The van der Waals surface area contributed by atoms with Crippen molar-refractivity contribution in [1.29, 1.82) is 0 Å². The maximum atomic E-state index is 12.7. The second-order valence-corrected chi connectivity index (χ2v) is 10.4. The van der Waals surface area contributed by atoms with Crippen LogP contribution in [0.1, 0.15) is 37.7 Å². The lowest BCUT2D eigenvalue weighted by molar-refractivity contribution is -0.155. The third-order valence-corrected chi connectivity index (χ3v) is 7.70. The van der Waals surface area contributed by atoms with Crippen LogP contribution in [0.5, 0.6) is 0 Å². The van der Waals surface area contributed by atoms with E-state index < -0.39 is 21.2 Å². The molecule has 2 aliphatic carbocycles. The lowest BCUT2D eigenvalue weighted by Crippen LogP contribution is -2.45. The quantitative estimate of drug-likeness (QED) is 0.669. The Kier molecular flexibility index (Phi) is 4.71. The van der Waals surface area contributed by atoms with E-state index in [9.17, 15) is 18.0 Å². The first kappa shape index (κ1) is 18.7. The molecule has 1 aliphatic heterocycles. The summed E-state index contributed by atoms with van der Waals surface area (Å²) in [6, 6.07) is 6.91. The molecule has 0 bridgehead atoms. The summed E-state index contributed by atoms with van der Waals surface area (Å²) in [5, 5.41) is 0.602. The number of carbonyl (C=O) groups excluding carboxylic acids is 2. The first-order valence-electron chi connectivity index (χ1n) is 9.26. The van der Waals surface area contributed by atoms with Crippen LogP contribution in [0.3, 0.4) is 0 Å². The summed E-state index contributed by atoms with van der Waals surface area (Å²) >= 11 is 5.91. The van der Waals surface area contributed by atoms with Gasteiger partial charge in [0.25, 0.3) is 5.91 Å². The highest BCUT2D eigenvalue weighted by molar-refractivity contribution is 7.91. The zero-order valence-electron chi connectivity index (χ0n) is 14.9. The molecule has 0 aromatic heterocycles. The number of esters is 1. The van der Waals surface area contributed by atoms with Gasteiger partial charge in [0.2, 0.25) is 0 Å². The minimum Gasteiger partial charge on any atom is -0.455 e. The van der Waals surface area contributed by atoms with E-state index in [1.807, 2.05) is 12.1 Å². The standard InChI is InChI=1S/C19H22ClNO5S/c20-14-3-1-13(2-4-14)19(8-9-19)18(23)26-11-17(22)21(15-5-6-15)16-7-10-27(24,25)12-16/h1-4,15-16H,5-12H2/t16-/m0/s1. The highest BCUT2D eigenvalue weighted by Crippen LogP contribution is 2.49. The summed E-state index contributed by atoms with van der Waals surface area (Å²) in [6.07, 6.45) is 3.60. The maximum absolute atomic E-state index is 12.7. The Balaban J connectivity index is 1.39. The van der Waals surface area contributed by atoms with Gasteiger partial charge in [0.05, 0.1) is 16.9 Å². The third kappa shape index (κ3) is 3.85. The summed E-state index contributed by atoms with van der Waals surface area (Å²) in [4.78, 5) is 27.0. The van der Waals surface area contributed by atoms with Gasteiger partial charge in [-0.1, -0.05) is 23.7 Å². The zero-order valence-corrected chi connectivity index (χ0v) is 16.5. The van der Waals surface area contributed by atoms with Crippen molar-refractivity contribution in [2.45, 2.75) is 49.6 Å². The molecule has 3 aliphatic rings. The van der Waals surface area contributed by atoms with Crippen LogP contribution in [0.25, 0.3) is 0 Å². The van der Waals surface area contributed by atoms with Gasteiger partial charge in [-0.2, -0.15) is 0 Å². The van der Waals surface area contributed by atoms with Crippen LogP contribution in [0, 0.1) is 0 Å². The molecular formula is C19H22ClNO5S. The van der Waals surface area contributed by atoms with Crippen molar-refractivity contribution in [3.05, 3.63) is 34.9 Å². The van der Waals surface area contributed by atoms with E-state index >= 15 is 0 Å². The molecule has 0 unspecified atom stereocenters. The van der Waals surface area contributed by atoms with E-state index in [4.69, 9.17) is 16.3 Å². The molecule has 4 rings (SSSR count). The van der Waals surface area contributed by atoms with Crippen LogP contribution in [-0.2, 0) is 29.6 Å². The fourth-order valence-electron chi connectivity index (χ4n) is 3.90. The molecule has 1 atom stereocenters. The predicted molar refractivity (Wildman–Crippen MR) is 100 cm³/mol. The van der Waals surface area contributed by atoms with Crippen molar-refractivity contribution in [2.24, 2.45) is 0 Å². The molecule has 0 spiro atoms. The number of nitrogens with zero attached hydrogens (tertiary/aromatic N) is 1. The molecule has 0 N–H and O–H groups in total. The summed E-state index contributed by atoms with van der Waals surface area (Å²) in [5.41, 5.74) is 0.177. The Bertz CT molecular complexity index is 859. The lowest BCUT2D eigenvalue weighted by Gasteiger charge is -2.28. The minimum absolute atomic E-state index is 0.0118. The van der Waals surface area contributed by atoms with Gasteiger partial charge >= 0.3 is 5.97 Å². The van der Waals surface area contributed by atoms with Gasteiger partial charge < -0.3 is 9.64 Å². The van der Waals surface area contributed by atoms with Crippen molar-refractivity contribution in [2.75, 3.05) is 18.1 Å². The predicted octanol–water partition coefficient (Wildman–Crippen LogP) is 2.09. The number of benzene rings is 1. The number of ether oxygens (including phenoxy) is 1. The molecule has 1 aromatic rings. The van der Waals surface area contributed by atoms with E-state index in [0.29, 0.717) is 24.3 Å². The Hall–Kier alpha value is -1.60. The Morgan fingerprint density at radius 1 is 1.11 bits per heavy atom. The van der Waals surface area contributed by atoms with Crippen LogP contribution in [-0.4, -0.2) is 55.4 Å². The lowest BCUT2D eigenvalue weighted by atomic mass is 9.96. The van der Waals surface area contributed by atoms with Gasteiger partial charge in [-0.15, -0.1) is 0 Å². The van der Waals surface area contributed by atoms with Crippen LogP contribution >= 0.6 is 11.6 Å². The molecule has 3 fully saturated rings. The summed E-state index contributed by atoms with van der Waals surface area (Å²) in [7, 11) is -3.08. The van der Waals surface area contributed by atoms with Crippen molar-refractivity contribution in [3.63, 3.8) is 0 Å². The molecule has 146 valence electrons. The average Bonchev–Trinajstić information content (AvgIpc) is 3.53. The van der Waals surface area contributed by atoms with Crippen LogP contribution in [0.15, 0.2) is 24.3 Å². The first-order valence-corrected chi connectivity index (χ1v) is 11.5. The Labute approximate surface area is 163 Å².